The lowest BCUT2D eigenvalue weighted by Crippen LogP contribution is -2.59. The van der Waals surface area contributed by atoms with Crippen molar-refractivity contribution in [2.75, 3.05) is 6.54 Å². The molecule has 2 rings (SSSR count). The molecule has 1 N–H and O–H groups in total. The van der Waals surface area contributed by atoms with Crippen molar-refractivity contribution < 1.29 is 9.59 Å². The van der Waals surface area contributed by atoms with Gasteiger partial charge in [-0.1, -0.05) is 43.1 Å². The molecule has 2 amide bonds. The quantitative estimate of drug-likeness (QED) is 0.931. The lowest BCUT2D eigenvalue weighted by atomic mass is 10.0. The van der Waals surface area contributed by atoms with Crippen LogP contribution in [0.25, 0.3) is 0 Å². The zero-order valence-corrected chi connectivity index (χ0v) is 12.8. The number of nitrogens with one attached hydrogen (secondary N) is 1. The zero-order chi connectivity index (χ0) is 14.9. The third-order valence-corrected chi connectivity index (χ3v) is 3.99. The molecular weight excluding hydrogens is 299 g/mol. The van der Waals surface area contributed by atoms with Crippen LogP contribution in [0.1, 0.15) is 19.4 Å². The van der Waals surface area contributed by atoms with E-state index in [1.54, 1.807) is 23.1 Å². The minimum Gasteiger partial charge on any atom is -0.343 e. The van der Waals surface area contributed by atoms with E-state index in [9.17, 15) is 9.59 Å². The van der Waals surface area contributed by atoms with Crippen molar-refractivity contribution in [2.24, 2.45) is 5.92 Å². The monoisotopic (exact) mass is 314 g/mol. The SMILES string of the molecule is CC(C)C1NC(=O)CN(Cc2ccc(Cl)c(Cl)c2)C1=O. The van der Waals surface area contributed by atoms with Gasteiger partial charge in [0.25, 0.3) is 0 Å². The highest BCUT2D eigenvalue weighted by Crippen LogP contribution is 2.24. The summed E-state index contributed by atoms with van der Waals surface area (Å²) in [7, 11) is 0. The molecule has 20 heavy (non-hydrogen) atoms. The Hall–Kier alpha value is -1.26. The molecule has 1 aliphatic rings. The number of carbonyl (C=O) groups excluding carboxylic acids is 2. The highest BCUT2D eigenvalue weighted by Gasteiger charge is 2.34. The second-order valence-electron chi connectivity index (χ2n) is 5.23. The van der Waals surface area contributed by atoms with Crippen LogP contribution < -0.4 is 5.32 Å². The maximum atomic E-state index is 12.3. The topological polar surface area (TPSA) is 49.4 Å². The van der Waals surface area contributed by atoms with E-state index in [-0.39, 0.29) is 24.3 Å². The van der Waals surface area contributed by atoms with Crippen molar-refractivity contribution in [2.45, 2.75) is 26.4 Å². The molecule has 4 nitrogen and oxygen atoms in total. The van der Waals surface area contributed by atoms with Crippen LogP contribution in [0.3, 0.4) is 0 Å². The third kappa shape index (κ3) is 3.25. The average molecular weight is 315 g/mol. The molecule has 0 aliphatic carbocycles. The minimum absolute atomic E-state index is 0.0584. The fourth-order valence-electron chi connectivity index (χ4n) is 2.17. The van der Waals surface area contributed by atoms with E-state index < -0.39 is 6.04 Å². The van der Waals surface area contributed by atoms with E-state index in [1.807, 2.05) is 13.8 Å². The summed E-state index contributed by atoms with van der Waals surface area (Å²) < 4.78 is 0. The summed E-state index contributed by atoms with van der Waals surface area (Å²) >= 11 is 11.8. The summed E-state index contributed by atoms with van der Waals surface area (Å²) in [4.78, 5) is 25.6. The van der Waals surface area contributed by atoms with Gasteiger partial charge in [0.1, 0.15) is 6.04 Å². The first-order valence-corrected chi connectivity index (χ1v) is 7.16. The van der Waals surface area contributed by atoms with Gasteiger partial charge in [0.2, 0.25) is 11.8 Å². The Morgan fingerprint density at radius 3 is 2.60 bits per heavy atom. The number of halogens is 2. The second-order valence-corrected chi connectivity index (χ2v) is 6.05. The predicted molar refractivity (Wildman–Crippen MR) is 78.6 cm³/mol. The molecule has 1 aliphatic heterocycles. The minimum atomic E-state index is -0.459. The summed E-state index contributed by atoms with van der Waals surface area (Å²) in [6, 6.07) is 4.75. The standard InChI is InChI=1S/C14H16Cl2N2O2/c1-8(2)13-14(20)18(7-12(19)17-13)6-9-3-4-10(15)11(16)5-9/h3-5,8,13H,6-7H2,1-2H3,(H,17,19). The Morgan fingerprint density at radius 2 is 2.00 bits per heavy atom. The van der Waals surface area contributed by atoms with Gasteiger partial charge in [-0.3, -0.25) is 9.59 Å². The maximum Gasteiger partial charge on any atom is 0.246 e. The molecule has 1 fully saturated rings. The Bertz CT molecular complexity index is 546. The van der Waals surface area contributed by atoms with Crippen LogP contribution in [-0.4, -0.2) is 29.3 Å². The number of piperazine rings is 1. The van der Waals surface area contributed by atoms with Crippen molar-refractivity contribution in [1.82, 2.24) is 10.2 Å². The van der Waals surface area contributed by atoms with Gasteiger partial charge < -0.3 is 10.2 Å². The molecule has 0 radical (unpaired) electrons. The van der Waals surface area contributed by atoms with Gasteiger partial charge in [-0.15, -0.1) is 0 Å². The van der Waals surface area contributed by atoms with Gasteiger partial charge in [0, 0.05) is 6.54 Å². The molecule has 1 aromatic carbocycles. The lowest BCUT2D eigenvalue weighted by Gasteiger charge is -2.34. The number of rotatable bonds is 3. The van der Waals surface area contributed by atoms with Crippen LogP contribution in [0, 0.1) is 5.92 Å². The molecule has 0 saturated carbocycles. The normalized spacial score (nSPS) is 19.4. The fraction of sp³-hybridized carbons (Fsp3) is 0.429. The highest BCUT2D eigenvalue weighted by atomic mass is 35.5. The molecule has 108 valence electrons. The number of benzene rings is 1. The molecule has 0 bridgehead atoms. The maximum absolute atomic E-state index is 12.3. The molecule has 1 aromatic rings. The van der Waals surface area contributed by atoms with Gasteiger partial charge in [0.05, 0.1) is 16.6 Å². The number of hydrogen-bond acceptors (Lipinski definition) is 2. The van der Waals surface area contributed by atoms with E-state index >= 15 is 0 Å². The van der Waals surface area contributed by atoms with Crippen molar-refractivity contribution in [3.8, 4) is 0 Å². The van der Waals surface area contributed by atoms with Crippen LogP contribution in [-0.2, 0) is 16.1 Å². The first-order valence-electron chi connectivity index (χ1n) is 6.40. The first kappa shape index (κ1) is 15.1. The first-order chi connectivity index (χ1) is 9.38. The Kier molecular flexibility index (Phi) is 4.55. The van der Waals surface area contributed by atoms with Crippen molar-refractivity contribution in [1.29, 1.82) is 0 Å². The molecular formula is C14H16Cl2N2O2. The molecule has 1 saturated heterocycles. The Morgan fingerprint density at radius 1 is 1.30 bits per heavy atom. The van der Waals surface area contributed by atoms with E-state index in [0.717, 1.165) is 5.56 Å². The molecule has 1 atom stereocenters. The Labute approximate surface area is 128 Å². The summed E-state index contributed by atoms with van der Waals surface area (Å²) in [5, 5.41) is 3.64. The molecule has 6 heteroatoms. The molecule has 1 heterocycles. The van der Waals surface area contributed by atoms with Gasteiger partial charge in [-0.2, -0.15) is 0 Å². The van der Waals surface area contributed by atoms with E-state index in [4.69, 9.17) is 23.2 Å². The summed E-state index contributed by atoms with van der Waals surface area (Å²) in [5.41, 5.74) is 0.852. The molecule has 0 aromatic heterocycles. The van der Waals surface area contributed by atoms with E-state index in [2.05, 4.69) is 5.32 Å². The zero-order valence-electron chi connectivity index (χ0n) is 11.3. The number of amides is 2. The fourth-order valence-corrected chi connectivity index (χ4v) is 2.49. The average Bonchev–Trinajstić information content (AvgIpc) is 2.37. The van der Waals surface area contributed by atoms with E-state index in [0.29, 0.717) is 16.6 Å². The highest BCUT2D eigenvalue weighted by molar-refractivity contribution is 6.42. The van der Waals surface area contributed by atoms with Crippen molar-refractivity contribution >= 4 is 35.0 Å². The predicted octanol–water partition coefficient (Wildman–Crippen LogP) is 2.48. The third-order valence-electron chi connectivity index (χ3n) is 3.25. The van der Waals surface area contributed by atoms with Gasteiger partial charge in [0.15, 0.2) is 0 Å². The van der Waals surface area contributed by atoms with Gasteiger partial charge in [-0.25, -0.2) is 0 Å². The number of nitrogens with zero attached hydrogens (tertiary/aromatic N) is 1. The lowest BCUT2D eigenvalue weighted by molar-refractivity contribution is -0.146. The van der Waals surface area contributed by atoms with Crippen LogP contribution in [0.15, 0.2) is 18.2 Å². The molecule has 0 spiro atoms. The van der Waals surface area contributed by atoms with Crippen LogP contribution in [0.2, 0.25) is 10.0 Å². The van der Waals surface area contributed by atoms with Crippen molar-refractivity contribution in [3.63, 3.8) is 0 Å². The van der Waals surface area contributed by atoms with Gasteiger partial charge >= 0.3 is 0 Å². The summed E-state index contributed by atoms with van der Waals surface area (Å²) in [5.74, 6) is -0.142. The summed E-state index contributed by atoms with van der Waals surface area (Å²) in [6.45, 7) is 4.24. The second kappa shape index (κ2) is 6.02. The molecule has 1 unspecified atom stereocenters. The van der Waals surface area contributed by atoms with Gasteiger partial charge in [-0.05, 0) is 23.6 Å². The smallest absolute Gasteiger partial charge is 0.246 e. The van der Waals surface area contributed by atoms with Crippen LogP contribution in [0.4, 0.5) is 0 Å². The van der Waals surface area contributed by atoms with Crippen LogP contribution >= 0.6 is 23.2 Å². The number of carbonyl (C=O) groups is 2. The summed E-state index contributed by atoms with van der Waals surface area (Å²) in [6.07, 6.45) is 0. The van der Waals surface area contributed by atoms with Crippen LogP contribution in [0.5, 0.6) is 0 Å². The number of hydrogen-bond donors (Lipinski definition) is 1. The Balaban J connectivity index is 2.16. The largest absolute Gasteiger partial charge is 0.343 e. The van der Waals surface area contributed by atoms with Crippen molar-refractivity contribution in [3.05, 3.63) is 33.8 Å². The van der Waals surface area contributed by atoms with E-state index in [1.165, 1.54) is 0 Å².